The summed E-state index contributed by atoms with van der Waals surface area (Å²) in [5, 5.41) is 6.41. The molecule has 4 rings (SSSR count). The Morgan fingerprint density at radius 2 is 2.16 bits per heavy atom. The van der Waals surface area contributed by atoms with Crippen LogP contribution in [-0.4, -0.2) is 62.5 Å². The van der Waals surface area contributed by atoms with Gasteiger partial charge in [0.2, 0.25) is 0 Å². The molecule has 0 spiro atoms. The van der Waals surface area contributed by atoms with E-state index in [9.17, 15) is 14.0 Å². The number of ether oxygens (including phenoxy) is 2. The van der Waals surface area contributed by atoms with Crippen molar-refractivity contribution in [2.24, 2.45) is 5.16 Å². The van der Waals surface area contributed by atoms with Crippen molar-refractivity contribution in [3.05, 3.63) is 42.3 Å². The lowest BCUT2D eigenvalue weighted by Gasteiger charge is -2.25. The van der Waals surface area contributed by atoms with Crippen LogP contribution in [0.2, 0.25) is 0 Å². The monoisotopic (exact) mass is 443 g/mol. The number of carbonyl (C=O) groups is 2. The van der Waals surface area contributed by atoms with Crippen molar-refractivity contribution < 1.29 is 28.3 Å². The van der Waals surface area contributed by atoms with E-state index in [4.69, 9.17) is 9.57 Å². The van der Waals surface area contributed by atoms with Crippen molar-refractivity contribution in [1.82, 2.24) is 10.3 Å². The summed E-state index contributed by atoms with van der Waals surface area (Å²) in [7, 11) is 1.24. The number of pyridine rings is 1. The van der Waals surface area contributed by atoms with Crippen LogP contribution in [0.1, 0.15) is 6.92 Å². The Bertz CT molecular complexity index is 1050. The minimum Gasteiger partial charge on any atom is -0.453 e. The maximum absolute atomic E-state index is 14.9. The van der Waals surface area contributed by atoms with Gasteiger partial charge in [0.25, 0.3) is 0 Å². The molecule has 1 aromatic carbocycles. The molecule has 2 amide bonds. The molecule has 0 radical (unpaired) electrons. The van der Waals surface area contributed by atoms with Gasteiger partial charge in [0.15, 0.2) is 0 Å². The minimum atomic E-state index is -0.620. The van der Waals surface area contributed by atoms with Crippen molar-refractivity contribution in [1.29, 1.82) is 0 Å². The van der Waals surface area contributed by atoms with E-state index < -0.39 is 24.1 Å². The molecule has 2 aromatic rings. The number of carbonyl (C=O) groups excluding carboxylic acids is 2. The lowest BCUT2D eigenvalue weighted by atomic mass is 10.1. The van der Waals surface area contributed by atoms with Crippen molar-refractivity contribution in [3.8, 4) is 11.1 Å². The molecule has 1 fully saturated rings. The smallest absolute Gasteiger partial charge is 0.414 e. The van der Waals surface area contributed by atoms with E-state index in [0.717, 1.165) is 0 Å². The van der Waals surface area contributed by atoms with Crippen LogP contribution in [0.4, 0.5) is 25.5 Å². The molecule has 0 aliphatic carbocycles. The van der Waals surface area contributed by atoms with Gasteiger partial charge in [-0.2, -0.15) is 0 Å². The molecular formula is C21H22FN5O5. The number of anilines is 2. The summed E-state index contributed by atoms with van der Waals surface area (Å²) in [5.74, 6) is 0.900. The van der Waals surface area contributed by atoms with E-state index in [1.165, 1.54) is 18.1 Å². The Morgan fingerprint density at radius 3 is 2.84 bits per heavy atom. The van der Waals surface area contributed by atoms with Crippen molar-refractivity contribution >= 4 is 29.5 Å². The first-order valence-electron chi connectivity index (χ1n) is 9.96. The minimum absolute atomic E-state index is 0.0980. The first kappa shape index (κ1) is 21.3. The van der Waals surface area contributed by atoms with E-state index in [2.05, 4.69) is 20.2 Å². The molecule has 1 N–H and O–H groups in total. The maximum atomic E-state index is 14.9. The molecule has 1 aromatic heterocycles. The third kappa shape index (κ3) is 4.41. The topological polar surface area (TPSA) is 106 Å². The van der Waals surface area contributed by atoms with Gasteiger partial charge in [-0.3, -0.25) is 4.90 Å². The zero-order chi connectivity index (χ0) is 22.7. The molecule has 168 valence electrons. The summed E-state index contributed by atoms with van der Waals surface area (Å²) in [6, 6.07) is 8.09. The van der Waals surface area contributed by atoms with Gasteiger partial charge in [0.1, 0.15) is 30.2 Å². The molecule has 10 nitrogen and oxygen atoms in total. The highest BCUT2D eigenvalue weighted by Gasteiger charge is 2.33. The van der Waals surface area contributed by atoms with Crippen LogP contribution < -0.4 is 15.1 Å². The number of nitrogens with zero attached hydrogens (tertiary/aromatic N) is 4. The molecule has 11 heteroatoms. The number of hydrogen-bond donors (Lipinski definition) is 1. The summed E-state index contributed by atoms with van der Waals surface area (Å²) < 4.78 is 24.6. The van der Waals surface area contributed by atoms with E-state index in [1.54, 1.807) is 30.5 Å². The van der Waals surface area contributed by atoms with Gasteiger partial charge < -0.3 is 24.5 Å². The second-order valence-electron chi connectivity index (χ2n) is 7.18. The predicted molar refractivity (Wildman–Crippen MR) is 114 cm³/mol. The number of amidine groups is 1. The fourth-order valence-electron chi connectivity index (χ4n) is 3.48. The predicted octanol–water partition coefficient (Wildman–Crippen LogP) is 2.74. The first-order chi connectivity index (χ1) is 15.5. The largest absolute Gasteiger partial charge is 0.453 e. The highest BCUT2D eigenvalue weighted by atomic mass is 19.1. The number of oxime groups is 1. The number of amides is 2. The number of cyclic esters (lactones) is 1. The van der Waals surface area contributed by atoms with Gasteiger partial charge in [-0.15, -0.1) is 0 Å². The summed E-state index contributed by atoms with van der Waals surface area (Å²) in [5.41, 5.74) is 1.32. The van der Waals surface area contributed by atoms with Gasteiger partial charge in [0.05, 0.1) is 32.4 Å². The van der Waals surface area contributed by atoms with Crippen molar-refractivity contribution in [2.45, 2.75) is 13.0 Å². The molecule has 0 unspecified atom stereocenters. The SMILES string of the molecule is COC(=O)NC[C@H]1CN(c2ccc(-c3ccc(N4CCON=C4C)nc3)c(F)c2)C(=O)O1. The van der Waals surface area contributed by atoms with Gasteiger partial charge >= 0.3 is 12.2 Å². The number of aromatic nitrogens is 1. The molecule has 2 aliphatic heterocycles. The Morgan fingerprint density at radius 1 is 1.31 bits per heavy atom. The highest BCUT2D eigenvalue weighted by molar-refractivity contribution is 5.95. The van der Waals surface area contributed by atoms with Crippen LogP contribution in [0.3, 0.4) is 0 Å². The third-order valence-corrected chi connectivity index (χ3v) is 5.13. The Balaban J connectivity index is 1.46. The number of methoxy groups -OCH3 is 1. The summed E-state index contributed by atoms with van der Waals surface area (Å²) >= 11 is 0. The zero-order valence-corrected chi connectivity index (χ0v) is 17.6. The summed E-state index contributed by atoms with van der Waals surface area (Å²) in [6.07, 6.45) is -0.198. The number of halogens is 1. The van der Waals surface area contributed by atoms with Gasteiger partial charge in [0, 0.05) is 17.3 Å². The van der Waals surface area contributed by atoms with E-state index in [1.807, 2.05) is 11.8 Å². The fraction of sp³-hybridized carbons (Fsp3) is 0.333. The lowest BCUT2D eigenvalue weighted by Crippen LogP contribution is -2.36. The quantitative estimate of drug-likeness (QED) is 0.757. The Hall–Kier alpha value is -3.89. The average molecular weight is 443 g/mol. The maximum Gasteiger partial charge on any atom is 0.414 e. The number of alkyl carbamates (subject to hydrolysis) is 1. The molecule has 1 saturated heterocycles. The van der Waals surface area contributed by atoms with Crippen molar-refractivity contribution in [2.75, 3.05) is 43.2 Å². The summed E-state index contributed by atoms with van der Waals surface area (Å²) in [4.78, 5) is 36.1. The number of benzene rings is 1. The molecular weight excluding hydrogens is 421 g/mol. The Labute approximate surface area is 183 Å². The highest BCUT2D eigenvalue weighted by Crippen LogP contribution is 2.29. The van der Waals surface area contributed by atoms with Crippen LogP contribution in [0.25, 0.3) is 11.1 Å². The molecule has 0 bridgehead atoms. The second kappa shape index (κ2) is 9.08. The van der Waals surface area contributed by atoms with Crippen LogP contribution in [0, 0.1) is 5.82 Å². The van der Waals surface area contributed by atoms with Crippen LogP contribution >= 0.6 is 0 Å². The van der Waals surface area contributed by atoms with Gasteiger partial charge in [-0.25, -0.2) is 19.0 Å². The van der Waals surface area contributed by atoms with Gasteiger partial charge in [-0.1, -0.05) is 5.16 Å². The normalized spacial score (nSPS) is 18.0. The lowest BCUT2D eigenvalue weighted by molar-refractivity contribution is 0.132. The van der Waals surface area contributed by atoms with Crippen molar-refractivity contribution in [3.63, 3.8) is 0 Å². The second-order valence-corrected chi connectivity index (χ2v) is 7.18. The molecule has 0 saturated carbocycles. The van der Waals surface area contributed by atoms with Crippen LogP contribution in [-0.2, 0) is 14.3 Å². The molecule has 2 aliphatic rings. The summed E-state index contributed by atoms with van der Waals surface area (Å²) in [6.45, 7) is 3.20. The van der Waals surface area contributed by atoms with Crippen LogP contribution in [0.15, 0.2) is 41.7 Å². The first-order valence-corrected chi connectivity index (χ1v) is 9.96. The molecule has 1 atom stereocenters. The van der Waals surface area contributed by atoms with E-state index in [0.29, 0.717) is 41.6 Å². The fourth-order valence-corrected chi connectivity index (χ4v) is 3.48. The Kier molecular flexibility index (Phi) is 6.06. The molecule has 32 heavy (non-hydrogen) atoms. The number of rotatable bonds is 5. The van der Waals surface area contributed by atoms with Gasteiger partial charge in [-0.05, 0) is 37.3 Å². The number of hydrogen-bond acceptors (Lipinski definition) is 8. The van der Waals surface area contributed by atoms with E-state index >= 15 is 0 Å². The number of nitrogens with one attached hydrogen (secondary N) is 1. The third-order valence-electron chi connectivity index (χ3n) is 5.13. The standard InChI is InChI=1S/C21H22FN5O5/c1-13-25-31-8-7-26(13)19-6-3-14(10-23-19)17-5-4-15(9-18(17)22)27-12-16(32-21(27)29)11-24-20(28)30-2/h3-6,9-10,16H,7-8,11-12H2,1-2H3,(H,24,28)/t16-/m0/s1. The van der Waals surface area contributed by atoms with E-state index in [-0.39, 0.29) is 13.1 Å². The van der Waals surface area contributed by atoms with Crippen LogP contribution in [0.5, 0.6) is 0 Å². The zero-order valence-electron chi connectivity index (χ0n) is 17.6. The molecule has 3 heterocycles. The average Bonchev–Trinajstić information content (AvgIpc) is 3.18.